The van der Waals surface area contributed by atoms with Gasteiger partial charge in [0, 0.05) is 40.3 Å². The number of pyridine rings is 1. The maximum atomic E-state index is 12.4. The Kier molecular flexibility index (Phi) is 8.74. The number of carbonyl (C=O) groups excluding carboxylic acids is 2. The summed E-state index contributed by atoms with van der Waals surface area (Å²) in [6, 6.07) is 19.6. The van der Waals surface area contributed by atoms with E-state index in [1.54, 1.807) is 48.7 Å². The third-order valence-corrected chi connectivity index (χ3v) is 6.39. The van der Waals surface area contributed by atoms with E-state index in [0.29, 0.717) is 33.4 Å². The number of benzene rings is 2. The second-order valence-electron chi connectivity index (χ2n) is 8.06. The highest BCUT2D eigenvalue weighted by atomic mass is 35.5. The minimum absolute atomic E-state index is 0.200. The Morgan fingerprint density at radius 2 is 1.76 bits per heavy atom. The van der Waals surface area contributed by atoms with Crippen molar-refractivity contribution in [1.29, 1.82) is 0 Å². The van der Waals surface area contributed by atoms with Crippen LogP contribution in [0.4, 0.5) is 0 Å². The minimum Gasteiger partial charge on any atom is -0.392 e. The summed E-state index contributed by atoms with van der Waals surface area (Å²) < 4.78 is 1.83. The molecule has 0 spiro atoms. The van der Waals surface area contributed by atoms with Gasteiger partial charge in [-0.3, -0.25) is 14.6 Å². The van der Waals surface area contributed by atoms with Gasteiger partial charge in [-0.1, -0.05) is 41.4 Å². The van der Waals surface area contributed by atoms with E-state index in [4.69, 9.17) is 23.2 Å². The van der Waals surface area contributed by atoms with Crippen LogP contribution in [-0.4, -0.2) is 26.5 Å². The molecule has 2 aromatic carbocycles. The summed E-state index contributed by atoms with van der Waals surface area (Å²) in [5.41, 5.74) is 3.98. The van der Waals surface area contributed by atoms with Crippen LogP contribution >= 0.6 is 23.2 Å². The van der Waals surface area contributed by atoms with Gasteiger partial charge in [0.1, 0.15) is 0 Å². The zero-order valence-electron chi connectivity index (χ0n) is 19.7. The fourth-order valence-electron chi connectivity index (χ4n) is 3.64. The Balaban J connectivity index is 1.33. The van der Waals surface area contributed by atoms with Crippen LogP contribution in [0.5, 0.6) is 0 Å². The molecule has 0 radical (unpaired) electrons. The van der Waals surface area contributed by atoms with Crippen molar-refractivity contribution in [3.8, 4) is 5.69 Å². The second-order valence-corrected chi connectivity index (χ2v) is 8.85. The Hall–Kier alpha value is -3.91. The number of amides is 2. The standard InChI is InChI=1S/C28H24Cl2N4O3/c29-24-11-12-25(27(30)23(24)18-35)34-15-3-5-22(34)17-32-26(36)13-8-19-6-9-20(10-7-19)28(37)33-16-21-4-1-2-14-31-21/h1-15,35H,16-18H2,(H,32,36)(H,33,37). The van der Waals surface area contributed by atoms with Crippen LogP contribution in [0.15, 0.2) is 85.2 Å². The number of halogens is 2. The average molecular weight is 535 g/mol. The molecule has 0 aliphatic rings. The summed E-state index contributed by atoms with van der Waals surface area (Å²) in [4.78, 5) is 28.9. The van der Waals surface area contributed by atoms with Crippen molar-refractivity contribution in [2.45, 2.75) is 19.7 Å². The highest BCUT2D eigenvalue weighted by Crippen LogP contribution is 2.31. The van der Waals surface area contributed by atoms with Gasteiger partial charge in [-0.05, 0) is 60.2 Å². The van der Waals surface area contributed by atoms with Gasteiger partial charge in [-0.2, -0.15) is 0 Å². The van der Waals surface area contributed by atoms with Crippen LogP contribution in [0.2, 0.25) is 10.0 Å². The number of carbonyl (C=O) groups is 2. The molecule has 4 rings (SSSR count). The second kappa shape index (κ2) is 12.4. The molecular formula is C28H24Cl2N4O3. The van der Waals surface area contributed by atoms with Gasteiger partial charge in [0.25, 0.3) is 5.91 Å². The first-order chi connectivity index (χ1) is 18.0. The van der Waals surface area contributed by atoms with E-state index in [9.17, 15) is 14.7 Å². The smallest absolute Gasteiger partial charge is 0.251 e. The van der Waals surface area contributed by atoms with Crippen LogP contribution < -0.4 is 10.6 Å². The van der Waals surface area contributed by atoms with Crippen molar-refractivity contribution < 1.29 is 14.7 Å². The van der Waals surface area contributed by atoms with Crippen molar-refractivity contribution >= 4 is 41.1 Å². The Labute approximate surface area is 224 Å². The number of rotatable bonds is 9. The van der Waals surface area contributed by atoms with Gasteiger partial charge in [-0.25, -0.2) is 0 Å². The SMILES string of the molecule is O=C(C=Cc1ccc(C(=O)NCc2ccccn2)cc1)NCc1cccn1-c1ccc(Cl)c(CO)c1Cl. The van der Waals surface area contributed by atoms with E-state index in [0.717, 1.165) is 17.0 Å². The number of aliphatic hydroxyl groups is 1. The van der Waals surface area contributed by atoms with Crippen LogP contribution in [0, 0.1) is 0 Å². The maximum absolute atomic E-state index is 12.4. The molecule has 9 heteroatoms. The molecule has 2 amide bonds. The Morgan fingerprint density at radius 3 is 2.49 bits per heavy atom. The molecular weight excluding hydrogens is 511 g/mol. The normalized spacial score (nSPS) is 11.0. The lowest BCUT2D eigenvalue weighted by Gasteiger charge is -2.14. The molecule has 188 valence electrons. The molecule has 4 aromatic rings. The summed E-state index contributed by atoms with van der Waals surface area (Å²) in [5, 5.41) is 16.0. The molecule has 3 N–H and O–H groups in total. The fourth-order valence-corrected chi connectivity index (χ4v) is 4.22. The lowest BCUT2D eigenvalue weighted by atomic mass is 10.1. The summed E-state index contributed by atoms with van der Waals surface area (Å²) in [6.07, 6.45) is 6.61. The van der Waals surface area contributed by atoms with Gasteiger partial charge in [0.05, 0.1) is 36.1 Å². The largest absolute Gasteiger partial charge is 0.392 e. The maximum Gasteiger partial charge on any atom is 0.251 e. The van der Waals surface area contributed by atoms with E-state index >= 15 is 0 Å². The number of aliphatic hydroxyl groups excluding tert-OH is 1. The monoisotopic (exact) mass is 534 g/mol. The molecule has 2 aromatic heterocycles. The van der Waals surface area contributed by atoms with Crippen molar-refractivity contribution in [2.75, 3.05) is 0 Å². The number of hydrogen-bond donors (Lipinski definition) is 3. The topological polar surface area (TPSA) is 96.3 Å². The summed E-state index contributed by atoms with van der Waals surface area (Å²) in [5.74, 6) is -0.475. The van der Waals surface area contributed by atoms with E-state index in [1.807, 2.05) is 41.1 Å². The number of hydrogen-bond acceptors (Lipinski definition) is 4. The summed E-state index contributed by atoms with van der Waals surface area (Å²) in [7, 11) is 0. The number of aromatic nitrogens is 2. The third-order valence-electron chi connectivity index (χ3n) is 5.62. The van der Waals surface area contributed by atoms with E-state index in [2.05, 4.69) is 15.6 Å². The van der Waals surface area contributed by atoms with Gasteiger partial charge >= 0.3 is 0 Å². The van der Waals surface area contributed by atoms with Gasteiger partial charge in [-0.15, -0.1) is 0 Å². The van der Waals surface area contributed by atoms with Gasteiger partial charge in [0.2, 0.25) is 5.91 Å². The molecule has 7 nitrogen and oxygen atoms in total. The molecule has 0 atom stereocenters. The predicted octanol–water partition coefficient (Wildman–Crippen LogP) is 4.93. The molecule has 0 aliphatic heterocycles. The van der Waals surface area contributed by atoms with Crippen molar-refractivity contribution in [3.63, 3.8) is 0 Å². The molecule has 0 fully saturated rings. The predicted molar refractivity (Wildman–Crippen MR) is 144 cm³/mol. The zero-order chi connectivity index (χ0) is 26.2. The Morgan fingerprint density at radius 1 is 0.946 bits per heavy atom. The summed E-state index contributed by atoms with van der Waals surface area (Å²) in [6.45, 7) is 0.330. The molecule has 37 heavy (non-hydrogen) atoms. The van der Waals surface area contributed by atoms with E-state index in [1.165, 1.54) is 6.08 Å². The average Bonchev–Trinajstić information content (AvgIpc) is 3.39. The first-order valence-corrected chi connectivity index (χ1v) is 12.2. The first kappa shape index (κ1) is 26.2. The lowest BCUT2D eigenvalue weighted by molar-refractivity contribution is -0.116. The van der Waals surface area contributed by atoms with Crippen LogP contribution in [0.25, 0.3) is 11.8 Å². The minimum atomic E-state index is -0.277. The van der Waals surface area contributed by atoms with Crippen molar-refractivity contribution in [2.24, 2.45) is 0 Å². The molecule has 0 saturated heterocycles. The van der Waals surface area contributed by atoms with Gasteiger partial charge < -0.3 is 20.3 Å². The molecule has 0 aliphatic carbocycles. The molecule has 0 bridgehead atoms. The molecule has 0 unspecified atom stereocenters. The third kappa shape index (κ3) is 6.65. The molecule has 2 heterocycles. The lowest BCUT2D eigenvalue weighted by Crippen LogP contribution is -2.23. The van der Waals surface area contributed by atoms with Crippen molar-refractivity contribution in [3.05, 3.63) is 123 Å². The first-order valence-electron chi connectivity index (χ1n) is 11.4. The van der Waals surface area contributed by atoms with Crippen LogP contribution in [-0.2, 0) is 24.5 Å². The van der Waals surface area contributed by atoms with Crippen LogP contribution in [0.1, 0.15) is 32.9 Å². The number of nitrogens with zero attached hydrogens (tertiary/aromatic N) is 2. The number of nitrogens with one attached hydrogen (secondary N) is 2. The highest BCUT2D eigenvalue weighted by molar-refractivity contribution is 6.37. The molecule has 0 saturated carbocycles. The van der Waals surface area contributed by atoms with E-state index < -0.39 is 0 Å². The highest BCUT2D eigenvalue weighted by Gasteiger charge is 2.13. The quantitative estimate of drug-likeness (QED) is 0.265. The van der Waals surface area contributed by atoms with Crippen LogP contribution in [0.3, 0.4) is 0 Å². The van der Waals surface area contributed by atoms with Crippen molar-refractivity contribution in [1.82, 2.24) is 20.2 Å². The fraction of sp³-hybridized carbons (Fsp3) is 0.107. The van der Waals surface area contributed by atoms with E-state index in [-0.39, 0.29) is 25.0 Å². The zero-order valence-corrected chi connectivity index (χ0v) is 21.2. The summed E-state index contributed by atoms with van der Waals surface area (Å²) >= 11 is 12.6. The van der Waals surface area contributed by atoms with Gasteiger partial charge in [0.15, 0.2) is 0 Å². The Bertz CT molecular complexity index is 1420.